The number of aryl methyl sites for hydroxylation is 2. The van der Waals surface area contributed by atoms with Crippen LogP contribution in [0.5, 0.6) is 0 Å². The molecule has 418 valence electrons. The summed E-state index contributed by atoms with van der Waals surface area (Å²) in [7, 11) is 0. The molecule has 4 atom stereocenters. The highest BCUT2D eigenvalue weighted by Gasteiger charge is 2.56. The summed E-state index contributed by atoms with van der Waals surface area (Å²) in [6, 6.07) is 15.3. The Morgan fingerprint density at radius 3 is 2.40 bits per heavy atom. The second kappa shape index (κ2) is 20.4. The molecule has 6 bridgehead atoms. The third-order valence-corrected chi connectivity index (χ3v) is 19.5. The molecular weight excluding hydrogens is 1080 g/mol. The van der Waals surface area contributed by atoms with Crippen LogP contribution in [0.4, 0.5) is 4.39 Å². The number of carbonyl (C=O) groups excluding carboxylic acids is 5. The molecule has 20 nitrogen and oxygen atoms in total. The first-order valence-corrected chi connectivity index (χ1v) is 29.0. The number of amides is 5. The average molecular weight is 1140 g/mol. The molecule has 5 amide bonds. The van der Waals surface area contributed by atoms with Gasteiger partial charge in [0.15, 0.2) is 5.82 Å². The predicted octanol–water partition coefficient (Wildman–Crippen LogP) is 6.43. The fraction of sp³-hybridized carbons (Fsp3) is 0.431. The van der Waals surface area contributed by atoms with Gasteiger partial charge in [-0.15, -0.1) is 31.2 Å². The second-order valence-corrected chi connectivity index (χ2v) is 24.3. The van der Waals surface area contributed by atoms with E-state index in [-0.39, 0.29) is 59.1 Å². The zero-order chi connectivity index (χ0) is 56.2. The standard InChI is InChI=1S/C58H59ClFN13O7S/c1-30-31(2)81-57-51(30)53(34-8-10-38(59)11-9-34)64-43(55-66-65-32(3)71(55)57)24-49(76)68-17-13-36(14-18-68)56(79)69-28-33-7-12-44(69)41(21-33)58(80)73-19-15-35(16-20-73)54-52-39(40-23-46-37(22-42(40)60)25-63-72(46)73)5-4-6-45(52)70(67-54)29-48(75)61-26-47(74)62-27-50(77)78/h4-6,8-11,22-23,25,33,35-36,41,43-44H,7,12-21,24,26-29H2,1-3H3,(H2-,61,62,74,75,77,78)/p+1/t33?,35?,41?,43-,44?,73?/m0/s1. The van der Waals surface area contributed by atoms with Crippen LogP contribution in [0.2, 0.25) is 5.02 Å². The maximum atomic E-state index is 16.5. The Hall–Kier alpha value is -7.69. The molecule has 3 N–H and O–H groups in total. The zero-order valence-electron chi connectivity index (χ0n) is 45.0. The molecule has 7 aromatic rings. The van der Waals surface area contributed by atoms with E-state index in [1.54, 1.807) is 39.1 Å². The van der Waals surface area contributed by atoms with Gasteiger partial charge in [0, 0.05) is 87.7 Å². The monoisotopic (exact) mass is 1140 g/mol. The van der Waals surface area contributed by atoms with E-state index in [4.69, 9.17) is 31.9 Å². The highest BCUT2D eigenvalue weighted by Crippen LogP contribution is 2.47. The number of hydrogen-bond acceptors (Lipinski definition) is 12. The third-order valence-electron chi connectivity index (χ3n) is 18.1. The summed E-state index contributed by atoms with van der Waals surface area (Å²) in [4.78, 5) is 93.9. The number of aliphatic imine (C=N–C) groups is 1. The van der Waals surface area contributed by atoms with Gasteiger partial charge < -0.3 is 25.5 Å². The summed E-state index contributed by atoms with van der Waals surface area (Å²) < 4.78 is 20.0. The minimum Gasteiger partial charge on any atom is -0.480 e. The number of quaternary nitrogens is 1. The van der Waals surface area contributed by atoms with Crippen LogP contribution in [-0.4, -0.2) is 142 Å². The number of likely N-dealkylation sites (tertiary alicyclic amines) is 1. The van der Waals surface area contributed by atoms with E-state index in [1.807, 2.05) is 57.7 Å². The molecule has 1 aliphatic carbocycles. The van der Waals surface area contributed by atoms with Crippen molar-refractivity contribution in [1.82, 2.24) is 59.5 Å². The van der Waals surface area contributed by atoms with Crippen LogP contribution in [0.1, 0.15) is 102 Å². The number of halogens is 2. The van der Waals surface area contributed by atoms with Gasteiger partial charge in [0.05, 0.1) is 42.0 Å². The van der Waals surface area contributed by atoms with Gasteiger partial charge >= 0.3 is 11.9 Å². The number of carboxylic acids is 1. The fourth-order valence-corrected chi connectivity index (χ4v) is 15.2. The average Bonchev–Trinajstić information content (AvgIpc) is 4.30. The smallest absolute Gasteiger partial charge is 0.344 e. The number of benzene rings is 3. The van der Waals surface area contributed by atoms with Crippen LogP contribution in [0.25, 0.3) is 37.9 Å². The molecule has 15 rings (SSSR count). The van der Waals surface area contributed by atoms with E-state index in [2.05, 4.69) is 34.7 Å². The molecule has 11 heterocycles. The third kappa shape index (κ3) is 9.00. The lowest BCUT2D eigenvalue weighted by Crippen LogP contribution is -2.71. The van der Waals surface area contributed by atoms with Crippen molar-refractivity contribution in [3.63, 3.8) is 0 Å². The van der Waals surface area contributed by atoms with Gasteiger partial charge in [-0.05, 0) is 100 Å². The lowest BCUT2D eigenvalue weighted by atomic mass is 9.71. The summed E-state index contributed by atoms with van der Waals surface area (Å²) in [5.41, 5.74) is 6.53. The number of rotatable bonds is 11. The van der Waals surface area contributed by atoms with E-state index in [9.17, 15) is 24.0 Å². The number of fused-ring (bicyclic) bond motifs is 8. The van der Waals surface area contributed by atoms with Crippen molar-refractivity contribution < 1.29 is 38.3 Å². The minimum absolute atomic E-state index is 0.0137. The van der Waals surface area contributed by atoms with Gasteiger partial charge in [0.2, 0.25) is 23.6 Å². The summed E-state index contributed by atoms with van der Waals surface area (Å²) in [5, 5.41) is 35.5. The van der Waals surface area contributed by atoms with E-state index in [0.29, 0.717) is 127 Å². The molecule has 1 saturated carbocycles. The van der Waals surface area contributed by atoms with E-state index < -0.39 is 48.7 Å². The Labute approximate surface area is 473 Å². The maximum Gasteiger partial charge on any atom is 0.344 e. The second-order valence-electron chi connectivity index (χ2n) is 22.7. The SMILES string of the molecule is Cc1sc2c(c1C)C(c1ccc(Cl)cc1)=N[C@@H](CC(=O)N1CCC(C(=O)N3CC4CCC3C(C(=O)[N+]35CCC(CC3)c3nn(CC(=O)NCC(=O)NCC(=O)O)c6cccc(c36)-c3cc6c(cnn65)cc3F)C4)CC1)c1nnc(C)n1-2. The molecule has 0 spiro atoms. The van der Waals surface area contributed by atoms with Gasteiger partial charge in [0.1, 0.15) is 54.4 Å². The van der Waals surface area contributed by atoms with E-state index >= 15 is 9.18 Å². The molecule has 0 radical (unpaired) electrons. The first-order valence-electron chi connectivity index (χ1n) is 27.8. The lowest BCUT2D eigenvalue weighted by Gasteiger charge is -2.52. The van der Waals surface area contributed by atoms with Gasteiger partial charge in [-0.1, -0.05) is 40.7 Å². The van der Waals surface area contributed by atoms with Crippen molar-refractivity contribution >= 4 is 86.0 Å². The number of nitrogens with zero attached hydrogens (tertiary/aromatic N) is 11. The van der Waals surface area contributed by atoms with Crippen molar-refractivity contribution in [2.45, 2.75) is 96.7 Å². The Bertz CT molecular complexity index is 3810. The Kier molecular flexibility index (Phi) is 13.3. The number of carbonyl (C=O) groups is 6. The van der Waals surface area contributed by atoms with Gasteiger partial charge in [-0.2, -0.15) is 5.10 Å². The highest BCUT2D eigenvalue weighted by molar-refractivity contribution is 7.15. The Morgan fingerprint density at radius 2 is 1.64 bits per heavy atom. The van der Waals surface area contributed by atoms with Crippen LogP contribution in [-0.2, 0) is 35.3 Å². The number of aliphatic carboxylic acids is 1. The minimum atomic E-state index is -1.21. The predicted molar refractivity (Wildman–Crippen MR) is 300 cm³/mol. The highest BCUT2D eigenvalue weighted by atomic mass is 35.5. The molecule has 3 unspecified atom stereocenters. The molecule has 7 aliphatic heterocycles. The molecular formula is C58H60ClFN13O7S+. The topological polar surface area (TPSA) is 232 Å². The van der Waals surface area contributed by atoms with Crippen molar-refractivity contribution in [2.75, 3.05) is 45.8 Å². The molecule has 4 aromatic heterocycles. The quantitative estimate of drug-likeness (QED) is 0.119. The summed E-state index contributed by atoms with van der Waals surface area (Å²) >= 11 is 8.00. The summed E-state index contributed by atoms with van der Waals surface area (Å²) in [6.07, 6.45) is 5.98. The Morgan fingerprint density at radius 1 is 0.877 bits per heavy atom. The number of nitrogens with one attached hydrogen (secondary N) is 2. The number of piperidine rings is 4. The van der Waals surface area contributed by atoms with Crippen LogP contribution < -0.4 is 15.2 Å². The molecule has 23 heteroatoms. The van der Waals surface area contributed by atoms with Crippen molar-refractivity contribution in [2.24, 2.45) is 22.7 Å². The number of thiophene rings is 1. The molecule has 5 fully saturated rings. The van der Waals surface area contributed by atoms with Crippen LogP contribution in [0.3, 0.4) is 0 Å². The number of aromatic nitrogens is 7. The van der Waals surface area contributed by atoms with Gasteiger partial charge in [-0.25, -0.2) is 9.18 Å². The van der Waals surface area contributed by atoms with Crippen LogP contribution in [0.15, 0.2) is 65.8 Å². The molecule has 8 aliphatic rings. The first kappa shape index (κ1) is 52.7. The van der Waals surface area contributed by atoms with Crippen molar-refractivity contribution in [1.29, 1.82) is 0 Å². The first-order chi connectivity index (χ1) is 39.0. The summed E-state index contributed by atoms with van der Waals surface area (Å²) in [6.45, 7) is 6.96. The number of carboxylic acid groups (broad SMARTS) is 1. The maximum absolute atomic E-state index is 16.5. The zero-order valence-corrected chi connectivity index (χ0v) is 46.6. The van der Waals surface area contributed by atoms with E-state index in [1.165, 1.54) is 6.07 Å². The normalized spacial score (nSPS) is 23.0. The molecule has 3 aromatic carbocycles. The molecule has 4 saturated heterocycles. The number of hydrogen-bond donors (Lipinski definition) is 3. The van der Waals surface area contributed by atoms with Gasteiger partial charge in [0.25, 0.3) is 0 Å². The fourth-order valence-electron chi connectivity index (χ4n) is 13.9. The van der Waals surface area contributed by atoms with Crippen molar-refractivity contribution in [3.8, 4) is 16.1 Å². The largest absolute Gasteiger partial charge is 0.480 e. The molecule has 81 heavy (non-hydrogen) atoms. The van der Waals surface area contributed by atoms with E-state index in [0.717, 1.165) is 38.7 Å². The van der Waals surface area contributed by atoms with Crippen LogP contribution in [0, 0.1) is 44.3 Å². The van der Waals surface area contributed by atoms with Gasteiger partial charge in [-0.3, -0.25) is 38.2 Å². The lowest BCUT2D eigenvalue weighted by molar-refractivity contribution is -0.160. The van der Waals surface area contributed by atoms with Crippen molar-refractivity contribution in [3.05, 3.63) is 111 Å². The van der Waals surface area contributed by atoms with Crippen LogP contribution >= 0.6 is 22.9 Å². The Balaban J connectivity index is 0.733. The summed E-state index contributed by atoms with van der Waals surface area (Å²) in [5.74, 6) is -2.44.